The Bertz CT molecular complexity index is 559. The van der Waals surface area contributed by atoms with E-state index in [0.717, 1.165) is 4.90 Å². The molecule has 0 saturated heterocycles. The van der Waals surface area contributed by atoms with Gasteiger partial charge in [0.1, 0.15) is 5.03 Å². The fraction of sp³-hybridized carbons (Fsp3) is 0.0833. The van der Waals surface area contributed by atoms with E-state index in [4.69, 9.17) is 5.73 Å². The van der Waals surface area contributed by atoms with Gasteiger partial charge in [-0.2, -0.15) is 0 Å². The van der Waals surface area contributed by atoms with Crippen molar-refractivity contribution in [3.63, 3.8) is 0 Å². The Morgan fingerprint density at radius 3 is 2.89 bits per heavy atom. The first-order valence-electron chi connectivity index (χ1n) is 5.26. The zero-order chi connectivity index (χ0) is 13.0. The van der Waals surface area contributed by atoms with Gasteiger partial charge in [-0.25, -0.2) is 4.98 Å². The van der Waals surface area contributed by atoms with E-state index in [1.54, 1.807) is 43.8 Å². The highest BCUT2D eigenvalue weighted by Gasteiger charge is 2.12. The molecule has 92 valence electrons. The smallest absolute Gasteiger partial charge is 0.252 e. The first-order valence-corrected chi connectivity index (χ1v) is 6.08. The summed E-state index contributed by atoms with van der Waals surface area (Å²) < 4.78 is 0. The maximum absolute atomic E-state index is 11.7. The first-order chi connectivity index (χ1) is 8.70. The molecule has 0 atom stereocenters. The SMILES string of the molecule is CNC(=O)c1ccc(N)cc1Sc1cnccn1. The van der Waals surface area contributed by atoms with Gasteiger partial charge in [-0.1, -0.05) is 11.8 Å². The zero-order valence-corrected chi connectivity index (χ0v) is 10.6. The number of carbonyl (C=O) groups is 1. The Labute approximate surface area is 109 Å². The number of hydrogen-bond acceptors (Lipinski definition) is 5. The summed E-state index contributed by atoms with van der Waals surface area (Å²) in [6.07, 6.45) is 4.85. The summed E-state index contributed by atoms with van der Waals surface area (Å²) >= 11 is 1.36. The average molecular weight is 260 g/mol. The van der Waals surface area contributed by atoms with Crippen LogP contribution in [-0.4, -0.2) is 22.9 Å². The molecule has 6 heteroatoms. The molecule has 0 radical (unpaired) electrons. The molecule has 0 bridgehead atoms. The maximum atomic E-state index is 11.7. The highest BCUT2D eigenvalue weighted by Crippen LogP contribution is 2.30. The Hall–Kier alpha value is -2.08. The van der Waals surface area contributed by atoms with Crippen molar-refractivity contribution in [3.05, 3.63) is 42.4 Å². The molecule has 0 aliphatic heterocycles. The molecule has 0 saturated carbocycles. The van der Waals surface area contributed by atoms with Gasteiger partial charge in [0.15, 0.2) is 0 Å². The molecule has 1 heterocycles. The second-order valence-corrected chi connectivity index (χ2v) is 4.54. The number of nitrogen functional groups attached to an aromatic ring is 1. The summed E-state index contributed by atoms with van der Waals surface area (Å²) in [6, 6.07) is 5.15. The van der Waals surface area contributed by atoms with Crippen molar-refractivity contribution in [2.24, 2.45) is 0 Å². The number of nitrogens with zero attached hydrogens (tertiary/aromatic N) is 2. The predicted octanol–water partition coefficient (Wildman–Crippen LogP) is 1.57. The van der Waals surface area contributed by atoms with Gasteiger partial charge in [0.25, 0.3) is 5.91 Å². The summed E-state index contributed by atoms with van der Waals surface area (Å²) in [6.45, 7) is 0. The van der Waals surface area contributed by atoms with Crippen LogP contribution in [0.25, 0.3) is 0 Å². The van der Waals surface area contributed by atoms with Crippen molar-refractivity contribution >= 4 is 23.4 Å². The Morgan fingerprint density at radius 1 is 1.39 bits per heavy atom. The van der Waals surface area contributed by atoms with E-state index in [0.29, 0.717) is 16.3 Å². The van der Waals surface area contributed by atoms with Crippen LogP contribution in [0.1, 0.15) is 10.4 Å². The summed E-state index contributed by atoms with van der Waals surface area (Å²) in [5, 5.41) is 3.31. The van der Waals surface area contributed by atoms with Crippen LogP contribution in [0.3, 0.4) is 0 Å². The second-order valence-electron chi connectivity index (χ2n) is 3.48. The van der Waals surface area contributed by atoms with E-state index in [9.17, 15) is 4.79 Å². The molecule has 1 aromatic carbocycles. The molecule has 5 nitrogen and oxygen atoms in total. The van der Waals surface area contributed by atoms with E-state index < -0.39 is 0 Å². The number of carbonyl (C=O) groups excluding carboxylic acids is 1. The van der Waals surface area contributed by atoms with E-state index in [2.05, 4.69) is 15.3 Å². The maximum Gasteiger partial charge on any atom is 0.252 e. The second kappa shape index (κ2) is 5.50. The lowest BCUT2D eigenvalue weighted by molar-refractivity contribution is 0.0960. The molecule has 3 N–H and O–H groups in total. The van der Waals surface area contributed by atoms with Crippen molar-refractivity contribution in [2.75, 3.05) is 12.8 Å². The highest BCUT2D eigenvalue weighted by atomic mass is 32.2. The van der Waals surface area contributed by atoms with Crippen molar-refractivity contribution in [1.29, 1.82) is 0 Å². The van der Waals surface area contributed by atoms with Crippen LogP contribution in [0.5, 0.6) is 0 Å². The molecule has 2 aromatic rings. The molecule has 18 heavy (non-hydrogen) atoms. The number of nitrogens with one attached hydrogen (secondary N) is 1. The van der Waals surface area contributed by atoms with E-state index in [1.807, 2.05) is 0 Å². The number of amides is 1. The van der Waals surface area contributed by atoms with Crippen LogP contribution in [0.15, 0.2) is 46.7 Å². The van der Waals surface area contributed by atoms with Crippen LogP contribution in [0, 0.1) is 0 Å². The van der Waals surface area contributed by atoms with Gasteiger partial charge in [-0.15, -0.1) is 0 Å². The number of nitrogens with two attached hydrogens (primary N) is 1. The number of hydrogen-bond donors (Lipinski definition) is 2. The molecule has 0 aliphatic rings. The quantitative estimate of drug-likeness (QED) is 0.819. The van der Waals surface area contributed by atoms with Gasteiger partial charge in [-0.3, -0.25) is 9.78 Å². The summed E-state index contributed by atoms with van der Waals surface area (Å²) in [7, 11) is 1.59. The molecule has 0 unspecified atom stereocenters. The lowest BCUT2D eigenvalue weighted by Crippen LogP contribution is -2.18. The van der Waals surface area contributed by atoms with Crippen molar-refractivity contribution in [2.45, 2.75) is 9.92 Å². The van der Waals surface area contributed by atoms with Crippen LogP contribution in [-0.2, 0) is 0 Å². The molecule has 0 aliphatic carbocycles. The first kappa shape index (κ1) is 12.4. The summed E-state index contributed by atoms with van der Waals surface area (Å²) in [5.74, 6) is -0.151. The molecular formula is C12H12N4OS. The third kappa shape index (κ3) is 2.78. The molecule has 0 fully saturated rings. The molecular weight excluding hydrogens is 248 g/mol. The van der Waals surface area contributed by atoms with Gasteiger partial charge in [-0.05, 0) is 18.2 Å². The number of rotatable bonds is 3. The van der Waals surface area contributed by atoms with Gasteiger partial charge in [0.05, 0.1) is 11.8 Å². The Balaban J connectivity index is 2.36. The molecule has 2 rings (SSSR count). The number of benzene rings is 1. The fourth-order valence-corrected chi connectivity index (χ4v) is 2.31. The highest BCUT2D eigenvalue weighted by molar-refractivity contribution is 7.99. The summed E-state index contributed by atoms with van der Waals surface area (Å²) in [4.78, 5) is 20.6. The van der Waals surface area contributed by atoms with E-state index >= 15 is 0 Å². The molecule has 0 spiro atoms. The Morgan fingerprint density at radius 2 is 2.22 bits per heavy atom. The fourth-order valence-electron chi connectivity index (χ4n) is 1.40. The third-order valence-electron chi connectivity index (χ3n) is 2.23. The molecule has 1 amide bonds. The van der Waals surface area contributed by atoms with Crippen molar-refractivity contribution in [3.8, 4) is 0 Å². The standard InChI is InChI=1S/C12H12N4OS/c1-14-12(17)9-3-2-8(13)6-10(9)18-11-7-15-4-5-16-11/h2-7H,13H2,1H3,(H,14,17). The predicted molar refractivity (Wildman–Crippen MR) is 70.4 cm³/mol. The number of anilines is 1. The van der Waals surface area contributed by atoms with Gasteiger partial charge < -0.3 is 11.1 Å². The summed E-state index contributed by atoms with van der Waals surface area (Å²) in [5.41, 5.74) is 6.92. The lowest BCUT2D eigenvalue weighted by atomic mass is 10.2. The van der Waals surface area contributed by atoms with Crippen LogP contribution in [0.2, 0.25) is 0 Å². The topological polar surface area (TPSA) is 80.9 Å². The van der Waals surface area contributed by atoms with Crippen LogP contribution >= 0.6 is 11.8 Å². The lowest BCUT2D eigenvalue weighted by Gasteiger charge is -2.08. The third-order valence-corrected chi connectivity index (χ3v) is 3.21. The van der Waals surface area contributed by atoms with Gasteiger partial charge in [0.2, 0.25) is 0 Å². The van der Waals surface area contributed by atoms with E-state index in [1.165, 1.54) is 11.8 Å². The largest absolute Gasteiger partial charge is 0.399 e. The van der Waals surface area contributed by atoms with Gasteiger partial charge >= 0.3 is 0 Å². The number of aromatic nitrogens is 2. The van der Waals surface area contributed by atoms with Crippen LogP contribution < -0.4 is 11.1 Å². The normalized spacial score (nSPS) is 10.1. The van der Waals surface area contributed by atoms with Crippen molar-refractivity contribution < 1.29 is 4.79 Å². The minimum Gasteiger partial charge on any atom is -0.399 e. The Kier molecular flexibility index (Phi) is 3.78. The van der Waals surface area contributed by atoms with E-state index in [-0.39, 0.29) is 5.91 Å². The minimum absolute atomic E-state index is 0.151. The average Bonchev–Trinajstić information content (AvgIpc) is 2.39. The zero-order valence-electron chi connectivity index (χ0n) is 9.75. The monoisotopic (exact) mass is 260 g/mol. The van der Waals surface area contributed by atoms with Gasteiger partial charge in [0, 0.05) is 30.0 Å². The minimum atomic E-state index is -0.151. The van der Waals surface area contributed by atoms with Crippen molar-refractivity contribution in [1.82, 2.24) is 15.3 Å². The molecule has 1 aromatic heterocycles. The van der Waals surface area contributed by atoms with Crippen LogP contribution in [0.4, 0.5) is 5.69 Å².